The van der Waals surface area contributed by atoms with Gasteiger partial charge in [-0.25, -0.2) is 13.1 Å². The van der Waals surface area contributed by atoms with Gasteiger partial charge in [0.05, 0.1) is 7.11 Å². The molecule has 1 fully saturated rings. The summed E-state index contributed by atoms with van der Waals surface area (Å²) in [5, 5.41) is 0. The van der Waals surface area contributed by atoms with Crippen LogP contribution in [0.25, 0.3) is 0 Å². The molecule has 1 aromatic rings. The van der Waals surface area contributed by atoms with Crippen molar-refractivity contribution in [2.24, 2.45) is 5.92 Å². The van der Waals surface area contributed by atoms with Crippen LogP contribution < -0.4 is 9.46 Å². The predicted molar refractivity (Wildman–Crippen MR) is 93.4 cm³/mol. The van der Waals surface area contributed by atoms with E-state index in [-0.39, 0.29) is 16.4 Å². The van der Waals surface area contributed by atoms with E-state index in [4.69, 9.17) is 4.74 Å². The average molecular weight is 340 g/mol. The van der Waals surface area contributed by atoms with E-state index >= 15 is 0 Å². The quantitative estimate of drug-likeness (QED) is 0.906. The number of rotatable bonds is 4. The fourth-order valence-electron chi connectivity index (χ4n) is 3.11. The molecule has 5 heteroatoms. The van der Waals surface area contributed by atoms with Gasteiger partial charge < -0.3 is 4.74 Å². The van der Waals surface area contributed by atoms with E-state index in [1.807, 2.05) is 6.07 Å². The van der Waals surface area contributed by atoms with Gasteiger partial charge in [-0.15, -0.1) is 0 Å². The van der Waals surface area contributed by atoms with Crippen molar-refractivity contribution in [3.05, 3.63) is 23.8 Å². The third-order valence-electron chi connectivity index (χ3n) is 4.74. The predicted octanol–water partition coefficient (Wildman–Crippen LogP) is 3.85. The van der Waals surface area contributed by atoms with Gasteiger partial charge in [-0.2, -0.15) is 0 Å². The Morgan fingerprint density at radius 1 is 1.17 bits per heavy atom. The highest BCUT2D eigenvalue weighted by Gasteiger charge is 2.29. The molecular weight excluding hydrogens is 310 g/mol. The summed E-state index contributed by atoms with van der Waals surface area (Å²) in [6, 6.07) is 5.44. The van der Waals surface area contributed by atoms with Gasteiger partial charge in [0.2, 0.25) is 10.0 Å². The maximum absolute atomic E-state index is 12.9. The molecule has 0 bridgehead atoms. The number of sulfonamides is 1. The Bertz CT molecular complexity index is 647. The molecule has 0 aromatic heterocycles. The molecule has 0 saturated heterocycles. The van der Waals surface area contributed by atoms with Crippen molar-refractivity contribution >= 4 is 10.0 Å². The Kier molecular flexibility index (Phi) is 5.41. The van der Waals surface area contributed by atoms with Crippen LogP contribution in [0.5, 0.6) is 5.75 Å². The van der Waals surface area contributed by atoms with Crippen LogP contribution in [0.15, 0.2) is 23.1 Å². The lowest BCUT2D eigenvalue weighted by molar-refractivity contribution is 0.310. The molecule has 0 spiro atoms. The van der Waals surface area contributed by atoms with Crippen LogP contribution in [0.1, 0.15) is 58.9 Å². The van der Waals surface area contributed by atoms with Crippen molar-refractivity contribution in [2.75, 3.05) is 7.11 Å². The highest BCUT2D eigenvalue weighted by Crippen LogP contribution is 2.32. The zero-order valence-corrected chi connectivity index (χ0v) is 15.7. The van der Waals surface area contributed by atoms with E-state index in [0.717, 1.165) is 24.8 Å². The number of benzene rings is 1. The second-order valence-electron chi connectivity index (χ2n) is 7.61. The van der Waals surface area contributed by atoms with Crippen molar-refractivity contribution < 1.29 is 13.2 Å². The first-order chi connectivity index (χ1) is 10.6. The lowest BCUT2D eigenvalue weighted by atomic mass is 9.87. The molecular formula is C18H29NO3S. The molecule has 1 N–H and O–H groups in total. The van der Waals surface area contributed by atoms with E-state index in [2.05, 4.69) is 32.4 Å². The SMILES string of the molecule is COc1ccc(C(C)(C)C)cc1S(=O)(=O)NC1CCCCC1C. The number of hydrogen-bond donors (Lipinski definition) is 1. The molecule has 2 atom stereocenters. The lowest BCUT2D eigenvalue weighted by Gasteiger charge is -2.29. The summed E-state index contributed by atoms with van der Waals surface area (Å²) in [5.74, 6) is 0.768. The van der Waals surface area contributed by atoms with Crippen LogP contribution in [0.2, 0.25) is 0 Å². The standard InChI is InChI=1S/C18H29NO3S/c1-13-8-6-7-9-15(13)19-23(20,21)17-12-14(18(2,3)4)10-11-16(17)22-5/h10-13,15,19H,6-9H2,1-5H3. The van der Waals surface area contributed by atoms with E-state index in [1.165, 1.54) is 13.5 Å². The van der Waals surface area contributed by atoms with E-state index in [9.17, 15) is 8.42 Å². The van der Waals surface area contributed by atoms with Crippen LogP contribution in [-0.2, 0) is 15.4 Å². The van der Waals surface area contributed by atoms with Crippen LogP contribution in [0.4, 0.5) is 0 Å². The Morgan fingerprint density at radius 2 is 1.83 bits per heavy atom. The topological polar surface area (TPSA) is 55.4 Å². The van der Waals surface area contributed by atoms with Gasteiger partial charge in [0.1, 0.15) is 10.6 Å². The first-order valence-electron chi connectivity index (χ1n) is 8.36. The molecule has 4 nitrogen and oxygen atoms in total. The van der Waals surface area contributed by atoms with E-state index < -0.39 is 10.0 Å². The van der Waals surface area contributed by atoms with Crippen LogP contribution in [0.3, 0.4) is 0 Å². The van der Waals surface area contributed by atoms with Gasteiger partial charge in [0.25, 0.3) is 0 Å². The Labute approximate surface area is 140 Å². The fourth-order valence-corrected chi connectivity index (χ4v) is 4.68. The summed E-state index contributed by atoms with van der Waals surface area (Å²) < 4.78 is 34.0. The third-order valence-corrected chi connectivity index (χ3v) is 6.25. The van der Waals surface area contributed by atoms with Gasteiger partial charge in [-0.1, -0.05) is 46.6 Å². The molecule has 0 aliphatic heterocycles. The van der Waals surface area contributed by atoms with Crippen molar-refractivity contribution in [2.45, 2.75) is 69.7 Å². The maximum Gasteiger partial charge on any atom is 0.244 e. The molecule has 1 aliphatic carbocycles. The van der Waals surface area contributed by atoms with Gasteiger partial charge in [-0.3, -0.25) is 0 Å². The smallest absolute Gasteiger partial charge is 0.244 e. The van der Waals surface area contributed by atoms with Crippen molar-refractivity contribution in [1.82, 2.24) is 4.72 Å². The summed E-state index contributed by atoms with van der Waals surface area (Å²) in [5.41, 5.74) is 0.865. The monoisotopic (exact) mass is 339 g/mol. The highest BCUT2D eigenvalue weighted by atomic mass is 32.2. The van der Waals surface area contributed by atoms with Crippen molar-refractivity contribution in [3.63, 3.8) is 0 Å². The molecule has 1 saturated carbocycles. The normalized spacial score (nSPS) is 22.8. The largest absolute Gasteiger partial charge is 0.495 e. The second-order valence-corrected chi connectivity index (χ2v) is 9.29. The van der Waals surface area contributed by atoms with Gasteiger partial charge in [-0.05, 0) is 41.9 Å². The molecule has 23 heavy (non-hydrogen) atoms. The first-order valence-corrected chi connectivity index (χ1v) is 9.84. The molecule has 2 unspecified atom stereocenters. The number of hydrogen-bond acceptors (Lipinski definition) is 3. The molecule has 2 rings (SSSR count). The van der Waals surface area contributed by atoms with Crippen LogP contribution in [-0.4, -0.2) is 21.6 Å². The van der Waals surface area contributed by atoms with Gasteiger partial charge in [0, 0.05) is 6.04 Å². The van der Waals surface area contributed by atoms with Crippen molar-refractivity contribution in [3.8, 4) is 5.75 Å². The zero-order chi connectivity index (χ0) is 17.3. The fraction of sp³-hybridized carbons (Fsp3) is 0.667. The van der Waals surface area contributed by atoms with E-state index in [1.54, 1.807) is 12.1 Å². The number of ether oxygens (including phenoxy) is 1. The molecule has 0 heterocycles. The van der Waals surface area contributed by atoms with Crippen LogP contribution >= 0.6 is 0 Å². The van der Waals surface area contributed by atoms with Gasteiger partial charge >= 0.3 is 0 Å². The van der Waals surface area contributed by atoms with E-state index in [0.29, 0.717) is 11.7 Å². The Hall–Kier alpha value is -1.07. The first kappa shape index (κ1) is 18.3. The summed E-state index contributed by atoms with van der Waals surface area (Å²) in [6.45, 7) is 8.33. The highest BCUT2D eigenvalue weighted by molar-refractivity contribution is 7.89. The third kappa shape index (κ3) is 4.27. The second kappa shape index (κ2) is 6.81. The summed E-state index contributed by atoms with van der Waals surface area (Å²) in [4.78, 5) is 0.241. The van der Waals surface area contributed by atoms with Gasteiger partial charge in [0.15, 0.2) is 0 Å². The Balaban J connectivity index is 2.37. The number of methoxy groups -OCH3 is 1. The minimum absolute atomic E-state index is 0.0109. The van der Waals surface area contributed by atoms with Crippen LogP contribution in [0, 0.1) is 5.92 Å². The molecule has 0 radical (unpaired) electrons. The Morgan fingerprint density at radius 3 is 2.39 bits per heavy atom. The minimum Gasteiger partial charge on any atom is -0.495 e. The molecule has 130 valence electrons. The molecule has 0 amide bonds. The maximum atomic E-state index is 12.9. The summed E-state index contributed by atoms with van der Waals surface area (Å²) in [7, 11) is -2.09. The minimum atomic E-state index is -3.59. The average Bonchev–Trinajstić information content (AvgIpc) is 2.48. The zero-order valence-electron chi connectivity index (χ0n) is 14.8. The summed E-state index contributed by atoms with van der Waals surface area (Å²) >= 11 is 0. The molecule has 1 aromatic carbocycles. The number of nitrogens with one attached hydrogen (secondary N) is 1. The summed E-state index contributed by atoms with van der Waals surface area (Å²) in [6.07, 6.45) is 4.24. The van der Waals surface area contributed by atoms with Crippen molar-refractivity contribution in [1.29, 1.82) is 0 Å². The molecule has 1 aliphatic rings. The lowest BCUT2D eigenvalue weighted by Crippen LogP contribution is -2.41.